The van der Waals surface area contributed by atoms with Gasteiger partial charge in [-0.15, -0.1) is 0 Å². The summed E-state index contributed by atoms with van der Waals surface area (Å²) in [6.45, 7) is 1.49. The Labute approximate surface area is 122 Å². The van der Waals surface area contributed by atoms with Crippen LogP contribution in [0, 0.1) is 0 Å². The summed E-state index contributed by atoms with van der Waals surface area (Å²) in [4.78, 5) is 15.9. The number of aromatic nitrogens is 1. The summed E-state index contributed by atoms with van der Waals surface area (Å²) in [6.07, 6.45) is 3.99. The van der Waals surface area contributed by atoms with Crippen LogP contribution in [0.3, 0.4) is 0 Å². The van der Waals surface area contributed by atoms with Gasteiger partial charge in [0.2, 0.25) is 5.91 Å². The van der Waals surface area contributed by atoms with Crippen LogP contribution in [0.2, 0.25) is 0 Å². The van der Waals surface area contributed by atoms with Crippen molar-refractivity contribution in [1.82, 2.24) is 9.99 Å². The fourth-order valence-corrected chi connectivity index (χ4v) is 2.51. The number of pyridine rings is 1. The molecule has 21 heavy (non-hydrogen) atoms. The van der Waals surface area contributed by atoms with Crippen molar-refractivity contribution in [3.63, 3.8) is 0 Å². The molecule has 0 aliphatic carbocycles. The zero-order chi connectivity index (χ0) is 14.8. The second kappa shape index (κ2) is 5.36. The van der Waals surface area contributed by atoms with Gasteiger partial charge in [-0.1, -0.05) is 18.2 Å². The molecule has 106 valence electrons. The van der Waals surface area contributed by atoms with Gasteiger partial charge in [0.25, 0.3) is 0 Å². The molecule has 3 rings (SSSR count). The van der Waals surface area contributed by atoms with E-state index in [1.807, 2.05) is 18.2 Å². The summed E-state index contributed by atoms with van der Waals surface area (Å²) in [5, 5.41) is 15.8. The molecular weight excluding hydrogens is 266 g/mol. The van der Waals surface area contributed by atoms with Gasteiger partial charge in [0.15, 0.2) is 0 Å². The number of aromatic hydroxyl groups is 1. The first-order valence-electron chi connectivity index (χ1n) is 6.72. The predicted octanol–water partition coefficient (Wildman–Crippen LogP) is 2.48. The van der Waals surface area contributed by atoms with E-state index in [1.165, 1.54) is 11.9 Å². The predicted molar refractivity (Wildman–Crippen MR) is 78.8 cm³/mol. The van der Waals surface area contributed by atoms with Crippen LogP contribution < -0.4 is 0 Å². The van der Waals surface area contributed by atoms with Crippen LogP contribution in [0.15, 0.2) is 53.9 Å². The lowest BCUT2D eigenvalue weighted by atomic mass is 9.99. The highest BCUT2D eigenvalue weighted by molar-refractivity contribution is 6.05. The number of hydrogen-bond donors (Lipinski definition) is 1. The van der Waals surface area contributed by atoms with Crippen LogP contribution in [0.5, 0.6) is 5.75 Å². The summed E-state index contributed by atoms with van der Waals surface area (Å²) < 4.78 is 0. The van der Waals surface area contributed by atoms with Crippen LogP contribution in [0.4, 0.5) is 0 Å². The largest absolute Gasteiger partial charge is 0.507 e. The maximum absolute atomic E-state index is 11.8. The van der Waals surface area contributed by atoms with Gasteiger partial charge >= 0.3 is 0 Å². The second-order valence-corrected chi connectivity index (χ2v) is 4.93. The molecule has 0 unspecified atom stereocenters. The van der Waals surface area contributed by atoms with E-state index in [0.29, 0.717) is 17.7 Å². The second-order valence-electron chi connectivity index (χ2n) is 4.93. The number of hydrogen-bond acceptors (Lipinski definition) is 4. The van der Waals surface area contributed by atoms with E-state index in [1.54, 1.807) is 30.6 Å². The van der Waals surface area contributed by atoms with Gasteiger partial charge in [-0.05, 0) is 23.8 Å². The number of amides is 1. The fourth-order valence-electron chi connectivity index (χ4n) is 2.51. The minimum Gasteiger partial charge on any atom is -0.507 e. The molecule has 0 spiro atoms. The summed E-state index contributed by atoms with van der Waals surface area (Å²) in [5.74, 6) is 0.0425. The monoisotopic (exact) mass is 281 g/mol. The highest BCUT2D eigenvalue weighted by Gasteiger charge is 2.32. The fraction of sp³-hybridized carbons (Fsp3) is 0.188. The van der Waals surface area contributed by atoms with E-state index >= 15 is 0 Å². The zero-order valence-electron chi connectivity index (χ0n) is 11.6. The first-order chi connectivity index (χ1) is 10.2. The summed E-state index contributed by atoms with van der Waals surface area (Å²) >= 11 is 0. The van der Waals surface area contributed by atoms with Crippen molar-refractivity contribution >= 4 is 11.6 Å². The zero-order valence-corrected chi connectivity index (χ0v) is 11.6. The van der Waals surface area contributed by atoms with Crippen LogP contribution >= 0.6 is 0 Å². The van der Waals surface area contributed by atoms with Crippen LogP contribution in [-0.2, 0) is 4.79 Å². The third-order valence-electron chi connectivity index (χ3n) is 3.52. The molecule has 0 radical (unpaired) electrons. The van der Waals surface area contributed by atoms with Crippen molar-refractivity contribution in [3.8, 4) is 5.75 Å². The molecule has 0 fully saturated rings. The number of phenols is 1. The molecule has 1 amide bonds. The van der Waals surface area contributed by atoms with Crippen molar-refractivity contribution in [1.29, 1.82) is 0 Å². The van der Waals surface area contributed by atoms with Crippen LogP contribution in [0.1, 0.15) is 30.5 Å². The van der Waals surface area contributed by atoms with E-state index in [9.17, 15) is 9.90 Å². The maximum atomic E-state index is 11.8. The van der Waals surface area contributed by atoms with Gasteiger partial charge in [0.1, 0.15) is 5.75 Å². The number of hydrazone groups is 1. The van der Waals surface area contributed by atoms with Crippen molar-refractivity contribution in [3.05, 3.63) is 59.9 Å². The number of nitrogens with zero attached hydrogens (tertiary/aromatic N) is 3. The molecule has 1 aliphatic rings. The molecule has 5 heteroatoms. The van der Waals surface area contributed by atoms with Gasteiger partial charge in [-0.2, -0.15) is 5.10 Å². The smallest absolute Gasteiger partial charge is 0.240 e. The molecule has 0 saturated heterocycles. The van der Waals surface area contributed by atoms with Crippen molar-refractivity contribution in [2.45, 2.75) is 19.4 Å². The van der Waals surface area contributed by atoms with E-state index in [0.717, 1.165) is 5.56 Å². The van der Waals surface area contributed by atoms with Gasteiger partial charge in [-0.3, -0.25) is 9.78 Å². The first kappa shape index (κ1) is 13.3. The first-order valence-corrected chi connectivity index (χ1v) is 6.72. The Balaban J connectivity index is 1.98. The Bertz CT molecular complexity index is 698. The summed E-state index contributed by atoms with van der Waals surface area (Å²) in [7, 11) is 0. The van der Waals surface area contributed by atoms with E-state index in [4.69, 9.17) is 0 Å². The number of carbonyl (C=O) groups is 1. The Morgan fingerprint density at radius 2 is 2.10 bits per heavy atom. The molecule has 0 bridgehead atoms. The molecule has 2 aromatic rings. The number of para-hydroxylation sites is 1. The molecule has 5 nitrogen and oxygen atoms in total. The third kappa shape index (κ3) is 2.50. The lowest BCUT2D eigenvalue weighted by molar-refractivity contribution is -0.130. The van der Waals surface area contributed by atoms with Gasteiger partial charge < -0.3 is 5.11 Å². The minimum absolute atomic E-state index is 0.130. The highest BCUT2D eigenvalue weighted by Crippen LogP contribution is 2.34. The molecule has 1 aliphatic heterocycles. The topological polar surface area (TPSA) is 65.8 Å². The minimum atomic E-state index is -0.175. The quantitative estimate of drug-likeness (QED) is 0.919. The van der Waals surface area contributed by atoms with Crippen molar-refractivity contribution in [2.75, 3.05) is 0 Å². The van der Waals surface area contributed by atoms with Crippen LogP contribution in [0.25, 0.3) is 0 Å². The molecule has 2 heterocycles. The Morgan fingerprint density at radius 1 is 1.29 bits per heavy atom. The number of rotatable bonds is 2. The number of benzene rings is 1. The molecule has 1 atom stereocenters. The van der Waals surface area contributed by atoms with Gasteiger partial charge in [0, 0.05) is 31.3 Å². The SMILES string of the molecule is CC(=O)N1N=C(c2ccccc2O)C[C@@H]1c1cccnc1. The van der Waals surface area contributed by atoms with Gasteiger partial charge in [0.05, 0.1) is 11.8 Å². The molecule has 0 saturated carbocycles. The van der Waals surface area contributed by atoms with E-state index in [-0.39, 0.29) is 17.7 Å². The Kier molecular flexibility index (Phi) is 3.39. The lowest BCUT2D eigenvalue weighted by Crippen LogP contribution is -2.24. The highest BCUT2D eigenvalue weighted by atomic mass is 16.3. The lowest BCUT2D eigenvalue weighted by Gasteiger charge is -2.19. The average Bonchev–Trinajstić information content (AvgIpc) is 2.94. The summed E-state index contributed by atoms with van der Waals surface area (Å²) in [5.41, 5.74) is 2.30. The Hall–Kier alpha value is -2.69. The number of carbonyl (C=O) groups excluding carboxylic acids is 1. The van der Waals surface area contributed by atoms with Crippen molar-refractivity contribution in [2.24, 2.45) is 5.10 Å². The third-order valence-corrected chi connectivity index (χ3v) is 3.52. The van der Waals surface area contributed by atoms with Crippen molar-refractivity contribution < 1.29 is 9.90 Å². The Morgan fingerprint density at radius 3 is 2.76 bits per heavy atom. The standard InChI is InChI=1S/C16H15N3O2/c1-11(20)19-15(12-5-4-8-17-10-12)9-14(18-19)13-6-2-3-7-16(13)21/h2-8,10,15,21H,9H2,1H3/t15-/m1/s1. The maximum Gasteiger partial charge on any atom is 0.240 e. The normalized spacial score (nSPS) is 17.7. The molecule has 1 N–H and O–H groups in total. The average molecular weight is 281 g/mol. The van der Waals surface area contributed by atoms with Gasteiger partial charge in [-0.25, -0.2) is 5.01 Å². The molecule has 1 aromatic heterocycles. The summed E-state index contributed by atoms with van der Waals surface area (Å²) in [6, 6.07) is 10.6. The molecular formula is C16H15N3O2. The number of phenolic OH excluding ortho intramolecular Hbond substituents is 1. The van der Waals surface area contributed by atoms with E-state index in [2.05, 4.69) is 10.1 Å². The molecule has 1 aromatic carbocycles. The van der Waals surface area contributed by atoms with Crippen LogP contribution in [-0.4, -0.2) is 26.7 Å². The van der Waals surface area contributed by atoms with E-state index < -0.39 is 0 Å².